The number of fused-ring (bicyclic) bond motifs is 2. The molecule has 0 bridgehead atoms. The summed E-state index contributed by atoms with van der Waals surface area (Å²) < 4.78 is 0. The van der Waals surface area contributed by atoms with Gasteiger partial charge in [-0.15, -0.1) is 0 Å². The fraction of sp³-hybridized carbons (Fsp3) is 0.727. The molecule has 6 nitrogen and oxygen atoms in total. The monoisotopic (exact) mass is 382 g/mol. The van der Waals surface area contributed by atoms with Crippen LogP contribution in [0.3, 0.4) is 0 Å². The molecule has 4 aliphatic rings. The van der Waals surface area contributed by atoms with Crippen LogP contribution >= 0.6 is 0 Å². The number of nitrogens with zero attached hydrogens (tertiary/aromatic N) is 4. The summed E-state index contributed by atoms with van der Waals surface area (Å²) in [7, 11) is 0. The van der Waals surface area contributed by atoms with E-state index >= 15 is 0 Å². The summed E-state index contributed by atoms with van der Waals surface area (Å²) in [5.74, 6) is 2.84. The Morgan fingerprint density at radius 1 is 1.04 bits per heavy atom. The van der Waals surface area contributed by atoms with Crippen molar-refractivity contribution in [3.05, 3.63) is 23.3 Å². The molecule has 1 saturated heterocycles. The standard InChI is InChI=1S/C22H30N4O2/c1-14(27)25-11-9-18-15(13-25)12-23-21(24-18)19-8-4-5-10-26(19)22(28)20-16-6-2-3-7-17(16)20/h12,16-17,19-20H,2-11,13H2,1H3/t16-,17-,19-/m0/s1. The quantitative estimate of drug-likeness (QED) is 0.789. The van der Waals surface area contributed by atoms with Crippen LogP contribution < -0.4 is 0 Å². The Morgan fingerprint density at radius 2 is 1.79 bits per heavy atom. The molecular weight excluding hydrogens is 352 g/mol. The maximum atomic E-state index is 13.3. The van der Waals surface area contributed by atoms with Gasteiger partial charge in [0.15, 0.2) is 5.82 Å². The molecule has 2 amide bonds. The van der Waals surface area contributed by atoms with E-state index < -0.39 is 0 Å². The molecule has 28 heavy (non-hydrogen) atoms. The molecule has 3 heterocycles. The maximum absolute atomic E-state index is 13.3. The van der Waals surface area contributed by atoms with Crippen molar-refractivity contribution in [2.75, 3.05) is 13.1 Å². The van der Waals surface area contributed by atoms with Gasteiger partial charge in [-0.1, -0.05) is 12.8 Å². The molecule has 2 aliphatic carbocycles. The second-order valence-electron chi connectivity index (χ2n) is 9.07. The molecule has 0 unspecified atom stereocenters. The minimum absolute atomic E-state index is 0.0278. The van der Waals surface area contributed by atoms with Gasteiger partial charge in [-0.2, -0.15) is 0 Å². The first-order chi connectivity index (χ1) is 13.6. The predicted molar refractivity (Wildman–Crippen MR) is 104 cm³/mol. The minimum atomic E-state index is 0.0278. The highest BCUT2D eigenvalue weighted by Crippen LogP contribution is 2.56. The Balaban J connectivity index is 1.35. The van der Waals surface area contributed by atoms with Crippen molar-refractivity contribution in [2.45, 2.75) is 70.9 Å². The number of carbonyl (C=O) groups excluding carboxylic acids is 2. The van der Waals surface area contributed by atoms with Crippen molar-refractivity contribution < 1.29 is 9.59 Å². The van der Waals surface area contributed by atoms with Crippen LogP contribution in [0.1, 0.15) is 75.0 Å². The zero-order chi connectivity index (χ0) is 19.3. The lowest BCUT2D eigenvalue weighted by Crippen LogP contribution is -2.41. The third-order valence-corrected chi connectivity index (χ3v) is 7.42. The van der Waals surface area contributed by atoms with Crippen molar-refractivity contribution in [3.8, 4) is 0 Å². The second-order valence-corrected chi connectivity index (χ2v) is 9.07. The fourth-order valence-corrected chi connectivity index (χ4v) is 5.77. The van der Waals surface area contributed by atoms with E-state index in [1.807, 2.05) is 11.1 Å². The van der Waals surface area contributed by atoms with Crippen molar-refractivity contribution in [1.82, 2.24) is 19.8 Å². The number of likely N-dealkylation sites (tertiary alicyclic amines) is 1. The van der Waals surface area contributed by atoms with Gasteiger partial charge < -0.3 is 9.80 Å². The largest absolute Gasteiger partial charge is 0.338 e. The molecule has 3 atom stereocenters. The van der Waals surface area contributed by atoms with Crippen molar-refractivity contribution in [2.24, 2.45) is 17.8 Å². The summed E-state index contributed by atoms with van der Waals surface area (Å²) in [6.45, 7) is 3.78. The highest BCUT2D eigenvalue weighted by molar-refractivity contribution is 5.83. The van der Waals surface area contributed by atoms with Gasteiger partial charge in [0, 0.05) is 50.7 Å². The van der Waals surface area contributed by atoms with E-state index in [0.717, 1.165) is 55.9 Å². The van der Waals surface area contributed by atoms with Crippen molar-refractivity contribution in [3.63, 3.8) is 0 Å². The van der Waals surface area contributed by atoms with Crippen LogP contribution in [0.15, 0.2) is 6.20 Å². The number of aromatic nitrogens is 2. The van der Waals surface area contributed by atoms with E-state index in [0.29, 0.717) is 24.3 Å². The molecule has 0 radical (unpaired) electrons. The van der Waals surface area contributed by atoms with Crippen LogP contribution in [0.25, 0.3) is 0 Å². The Kier molecular flexibility index (Phi) is 4.60. The number of hydrogen-bond acceptors (Lipinski definition) is 4. The molecule has 1 aromatic heterocycles. The van der Waals surface area contributed by atoms with Gasteiger partial charge in [-0.05, 0) is 43.9 Å². The van der Waals surface area contributed by atoms with E-state index in [1.54, 1.807) is 6.92 Å². The third kappa shape index (κ3) is 3.11. The summed E-state index contributed by atoms with van der Waals surface area (Å²) in [6.07, 6.45) is 10.9. The van der Waals surface area contributed by atoms with E-state index in [4.69, 9.17) is 4.98 Å². The summed E-state index contributed by atoms with van der Waals surface area (Å²) in [4.78, 5) is 38.5. The average molecular weight is 383 g/mol. The highest BCUT2D eigenvalue weighted by atomic mass is 16.2. The van der Waals surface area contributed by atoms with E-state index in [-0.39, 0.29) is 17.9 Å². The number of carbonyl (C=O) groups is 2. The lowest BCUT2D eigenvalue weighted by molar-refractivity contribution is -0.137. The Bertz CT molecular complexity index is 783. The topological polar surface area (TPSA) is 66.4 Å². The summed E-state index contributed by atoms with van der Waals surface area (Å²) in [5, 5.41) is 0. The molecule has 3 fully saturated rings. The minimum Gasteiger partial charge on any atom is -0.338 e. The van der Waals surface area contributed by atoms with Gasteiger partial charge in [0.2, 0.25) is 11.8 Å². The molecule has 6 heteroatoms. The zero-order valence-corrected chi connectivity index (χ0v) is 16.8. The normalized spacial score (nSPS) is 31.8. The van der Waals surface area contributed by atoms with E-state index in [1.165, 1.54) is 25.7 Å². The predicted octanol–water partition coefficient (Wildman–Crippen LogP) is 2.87. The van der Waals surface area contributed by atoms with Crippen LogP contribution in [0.2, 0.25) is 0 Å². The summed E-state index contributed by atoms with van der Waals surface area (Å²) >= 11 is 0. The zero-order valence-electron chi connectivity index (χ0n) is 16.8. The second kappa shape index (κ2) is 7.12. The molecule has 150 valence electrons. The van der Waals surface area contributed by atoms with Crippen LogP contribution in [0.4, 0.5) is 0 Å². The van der Waals surface area contributed by atoms with Gasteiger partial charge in [0.25, 0.3) is 0 Å². The van der Waals surface area contributed by atoms with E-state index in [2.05, 4.69) is 9.88 Å². The highest BCUT2D eigenvalue weighted by Gasteiger charge is 2.56. The molecule has 0 spiro atoms. The molecule has 2 aliphatic heterocycles. The van der Waals surface area contributed by atoms with Crippen molar-refractivity contribution >= 4 is 11.8 Å². The number of hydrogen-bond donors (Lipinski definition) is 0. The molecule has 5 rings (SSSR count). The Morgan fingerprint density at radius 3 is 2.54 bits per heavy atom. The number of rotatable bonds is 2. The van der Waals surface area contributed by atoms with Gasteiger partial charge in [-0.3, -0.25) is 9.59 Å². The first-order valence-corrected chi connectivity index (χ1v) is 11.0. The molecule has 0 N–H and O–H groups in total. The number of piperidine rings is 1. The summed E-state index contributed by atoms with van der Waals surface area (Å²) in [6, 6.07) is 0.0278. The van der Waals surface area contributed by atoms with Crippen LogP contribution in [0.5, 0.6) is 0 Å². The average Bonchev–Trinajstić information content (AvgIpc) is 3.47. The van der Waals surface area contributed by atoms with Crippen LogP contribution in [0, 0.1) is 17.8 Å². The first kappa shape index (κ1) is 18.1. The number of amides is 2. The molecule has 2 saturated carbocycles. The van der Waals surface area contributed by atoms with Crippen LogP contribution in [-0.2, 0) is 22.6 Å². The van der Waals surface area contributed by atoms with Crippen LogP contribution in [-0.4, -0.2) is 44.7 Å². The van der Waals surface area contributed by atoms with Gasteiger partial charge >= 0.3 is 0 Å². The summed E-state index contributed by atoms with van der Waals surface area (Å²) in [5.41, 5.74) is 2.10. The third-order valence-electron chi connectivity index (χ3n) is 7.42. The lowest BCUT2D eigenvalue weighted by atomic mass is 9.99. The maximum Gasteiger partial charge on any atom is 0.226 e. The molecular formula is C22H30N4O2. The molecule has 0 aromatic carbocycles. The van der Waals surface area contributed by atoms with Gasteiger partial charge in [0.1, 0.15) is 0 Å². The fourth-order valence-electron chi connectivity index (χ4n) is 5.77. The van der Waals surface area contributed by atoms with Gasteiger partial charge in [0.05, 0.1) is 11.7 Å². The first-order valence-electron chi connectivity index (χ1n) is 11.0. The van der Waals surface area contributed by atoms with Crippen molar-refractivity contribution in [1.29, 1.82) is 0 Å². The molecule has 1 aromatic rings. The Hall–Kier alpha value is -1.98. The van der Waals surface area contributed by atoms with E-state index in [9.17, 15) is 9.59 Å². The Labute approximate surface area is 166 Å². The smallest absolute Gasteiger partial charge is 0.226 e. The lowest BCUT2D eigenvalue weighted by Gasteiger charge is -2.36. The SMILES string of the molecule is CC(=O)N1CCc2nc([C@@H]3CCCCN3C(=O)C3[C@H]4CCCC[C@H]34)ncc2C1. The van der Waals surface area contributed by atoms with Gasteiger partial charge in [-0.25, -0.2) is 9.97 Å².